The first kappa shape index (κ1) is 16.7. The number of carbonyl (C=O) groups excluding carboxylic acids is 1. The van der Waals surface area contributed by atoms with Crippen molar-refractivity contribution >= 4 is 18.3 Å². The van der Waals surface area contributed by atoms with E-state index in [1.807, 2.05) is 38.1 Å². The predicted octanol–water partition coefficient (Wildman–Crippen LogP) is 1.65. The number of nitrogens with two attached hydrogens (primary N) is 1. The van der Waals surface area contributed by atoms with Gasteiger partial charge in [0, 0.05) is 0 Å². The van der Waals surface area contributed by atoms with Crippen molar-refractivity contribution in [2.75, 3.05) is 6.54 Å². The Hall–Kier alpha value is -1.26. The first-order valence-electron chi connectivity index (χ1n) is 5.76. The fraction of sp³-hybridized carbons (Fsp3) is 0.462. The Morgan fingerprint density at radius 1 is 1.39 bits per heavy atom. The normalized spacial score (nSPS) is 13.1. The lowest BCUT2D eigenvalue weighted by Crippen LogP contribution is -2.42. The molecule has 2 atom stereocenters. The molecule has 0 aliphatic rings. The molecule has 1 amide bonds. The topological polar surface area (TPSA) is 64.3 Å². The lowest BCUT2D eigenvalue weighted by Gasteiger charge is -2.17. The average molecular weight is 273 g/mol. The van der Waals surface area contributed by atoms with Crippen molar-refractivity contribution in [3.05, 3.63) is 29.8 Å². The highest BCUT2D eigenvalue weighted by Crippen LogP contribution is 2.17. The standard InChI is InChI=1S/C13H20N2O2.ClH/c1-9-6-4-5-7-12(9)17-10(2)8-15-13(16)11(3)14;/h4-7,10-11H,8,14H2,1-3H3,(H,15,16);1H/t10?,11-;/m1./s1. The third-order valence-corrected chi connectivity index (χ3v) is 2.40. The summed E-state index contributed by atoms with van der Waals surface area (Å²) in [5, 5.41) is 2.73. The van der Waals surface area contributed by atoms with Crippen LogP contribution in [0.4, 0.5) is 0 Å². The van der Waals surface area contributed by atoms with Crippen LogP contribution >= 0.6 is 12.4 Å². The summed E-state index contributed by atoms with van der Waals surface area (Å²) >= 11 is 0. The van der Waals surface area contributed by atoms with Crippen molar-refractivity contribution in [1.82, 2.24) is 5.32 Å². The molecule has 0 saturated carbocycles. The van der Waals surface area contributed by atoms with Crippen LogP contribution in [0.5, 0.6) is 5.75 Å². The predicted molar refractivity (Wildman–Crippen MR) is 75.2 cm³/mol. The van der Waals surface area contributed by atoms with Gasteiger partial charge in [-0.05, 0) is 32.4 Å². The van der Waals surface area contributed by atoms with E-state index in [1.165, 1.54) is 0 Å². The van der Waals surface area contributed by atoms with Gasteiger partial charge in [0.25, 0.3) is 0 Å². The van der Waals surface area contributed by atoms with Gasteiger partial charge in [0.1, 0.15) is 11.9 Å². The van der Waals surface area contributed by atoms with E-state index in [0.717, 1.165) is 11.3 Å². The molecule has 18 heavy (non-hydrogen) atoms. The van der Waals surface area contributed by atoms with Crippen LogP contribution in [0.3, 0.4) is 0 Å². The lowest BCUT2D eigenvalue weighted by atomic mass is 10.2. The number of ether oxygens (including phenoxy) is 1. The lowest BCUT2D eigenvalue weighted by molar-refractivity contribution is -0.122. The fourth-order valence-electron chi connectivity index (χ4n) is 1.35. The van der Waals surface area contributed by atoms with Gasteiger partial charge in [-0.2, -0.15) is 0 Å². The summed E-state index contributed by atoms with van der Waals surface area (Å²) in [5.41, 5.74) is 6.53. The maximum absolute atomic E-state index is 11.3. The van der Waals surface area contributed by atoms with E-state index in [9.17, 15) is 4.79 Å². The molecular weight excluding hydrogens is 252 g/mol. The van der Waals surface area contributed by atoms with Gasteiger partial charge in [0.15, 0.2) is 0 Å². The minimum Gasteiger partial charge on any atom is -0.489 e. The molecule has 4 nitrogen and oxygen atoms in total. The molecule has 0 heterocycles. The van der Waals surface area contributed by atoms with Crippen LogP contribution < -0.4 is 15.8 Å². The Morgan fingerprint density at radius 2 is 2.00 bits per heavy atom. The Bertz CT molecular complexity index is 383. The molecule has 1 aromatic carbocycles. The molecule has 0 saturated heterocycles. The van der Waals surface area contributed by atoms with E-state index in [2.05, 4.69) is 5.32 Å². The first-order chi connectivity index (χ1) is 8.00. The van der Waals surface area contributed by atoms with Gasteiger partial charge < -0.3 is 15.8 Å². The van der Waals surface area contributed by atoms with Crippen LogP contribution in [0.1, 0.15) is 19.4 Å². The maximum atomic E-state index is 11.3. The molecule has 1 rings (SSSR count). The van der Waals surface area contributed by atoms with Crippen molar-refractivity contribution < 1.29 is 9.53 Å². The number of carbonyl (C=O) groups is 1. The summed E-state index contributed by atoms with van der Waals surface area (Å²) in [4.78, 5) is 11.3. The second-order valence-electron chi connectivity index (χ2n) is 4.23. The number of para-hydroxylation sites is 1. The molecule has 0 aliphatic carbocycles. The minimum atomic E-state index is -0.485. The molecule has 0 radical (unpaired) electrons. The average Bonchev–Trinajstić information content (AvgIpc) is 2.29. The number of hydrogen-bond acceptors (Lipinski definition) is 3. The summed E-state index contributed by atoms with van der Waals surface area (Å²) in [6.07, 6.45) is -0.0844. The molecule has 0 fully saturated rings. The van der Waals surface area contributed by atoms with Gasteiger partial charge in [-0.15, -0.1) is 12.4 Å². The number of benzene rings is 1. The van der Waals surface area contributed by atoms with Crippen molar-refractivity contribution in [3.63, 3.8) is 0 Å². The van der Waals surface area contributed by atoms with Crippen LogP contribution in [-0.2, 0) is 4.79 Å². The number of amides is 1. The highest BCUT2D eigenvalue weighted by atomic mass is 35.5. The quantitative estimate of drug-likeness (QED) is 0.857. The van der Waals surface area contributed by atoms with E-state index < -0.39 is 6.04 Å². The molecule has 0 spiro atoms. The molecule has 1 unspecified atom stereocenters. The molecule has 0 aliphatic heterocycles. The van der Waals surface area contributed by atoms with E-state index in [4.69, 9.17) is 10.5 Å². The number of rotatable bonds is 5. The minimum absolute atomic E-state index is 0. The van der Waals surface area contributed by atoms with Gasteiger partial charge in [0.05, 0.1) is 12.6 Å². The molecule has 102 valence electrons. The molecule has 3 N–H and O–H groups in total. The van der Waals surface area contributed by atoms with Gasteiger partial charge in [-0.3, -0.25) is 4.79 Å². The van der Waals surface area contributed by atoms with E-state index in [-0.39, 0.29) is 24.4 Å². The van der Waals surface area contributed by atoms with Gasteiger partial charge in [-0.25, -0.2) is 0 Å². The first-order valence-corrected chi connectivity index (χ1v) is 5.76. The van der Waals surface area contributed by atoms with E-state index in [1.54, 1.807) is 6.92 Å². The fourth-order valence-corrected chi connectivity index (χ4v) is 1.35. The Balaban J connectivity index is 0.00000289. The summed E-state index contributed by atoms with van der Waals surface area (Å²) in [6.45, 7) is 6.01. The molecule has 0 aromatic heterocycles. The zero-order valence-corrected chi connectivity index (χ0v) is 11.8. The summed E-state index contributed by atoms with van der Waals surface area (Å²) in [6, 6.07) is 7.31. The SMILES string of the molecule is Cc1ccccc1OC(C)CNC(=O)[C@@H](C)N.Cl. The molecular formula is C13H21ClN2O2. The second kappa shape index (κ2) is 7.95. The van der Waals surface area contributed by atoms with Gasteiger partial charge in [-0.1, -0.05) is 18.2 Å². The van der Waals surface area contributed by atoms with Crippen LogP contribution in [0.2, 0.25) is 0 Å². The molecule has 1 aromatic rings. The maximum Gasteiger partial charge on any atom is 0.236 e. The number of halogens is 1. The molecule has 0 bridgehead atoms. The Morgan fingerprint density at radius 3 is 2.56 bits per heavy atom. The van der Waals surface area contributed by atoms with Crippen LogP contribution in [0, 0.1) is 6.92 Å². The number of nitrogens with one attached hydrogen (secondary N) is 1. The smallest absolute Gasteiger partial charge is 0.236 e. The van der Waals surface area contributed by atoms with E-state index in [0.29, 0.717) is 6.54 Å². The van der Waals surface area contributed by atoms with Crippen LogP contribution in [0.15, 0.2) is 24.3 Å². The number of aryl methyl sites for hydroxylation is 1. The van der Waals surface area contributed by atoms with Gasteiger partial charge >= 0.3 is 0 Å². The van der Waals surface area contributed by atoms with Crippen LogP contribution in [0.25, 0.3) is 0 Å². The van der Waals surface area contributed by atoms with Crippen LogP contribution in [-0.4, -0.2) is 24.6 Å². The van der Waals surface area contributed by atoms with Crippen molar-refractivity contribution in [3.8, 4) is 5.75 Å². The third kappa shape index (κ3) is 5.38. The highest BCUT2D eigenvalue weighted by molar-refractivity contribution is 5.85. The Labute approximate surface area is 114 Å². The zero-order chi connectivity index (χ0) is 12.8. The largest absolute Gasteiger partial charge is 0.489 e. The zero-order valence-electron chi connectivity index (χ0n) is 11.0. The van der Waals surface area contributed by atoms with Gasteiger partial charge in [0.2, 0.25) is 5.91 Å². The Kier molecular flexibility index (Phi) is 7.39. The number of hydrogen-bond donors (Lipinski definition) is 2. The molecule has 5 heteroatoms. The van der Waals surface area contributed by atoms with Crippen molar-refractivity contribution in [1.29, 1.82) is 0 Å². The monoisotopic (exact) mass is 272 g/mol. The summed E-state index contributed by atoms with van der Waals surface area (Å²) in [5.74, 6) is 0.681. The van der Waals surface area contributed by atoms with Crippen molar-refractivity contribution in [2.24, 2.45) is 5.73 Å². The van der Waals surface area contributed by atoms with Crippen molar-refractivity contribution in [2.45, 2.75) is 32.9 Å². The summed E-state index contributed by atoms with van der Waals surface area (Å²) < 4.78 is 5.72. The summed E-state index contributed by atoms with van der Waals surface area (Å²) in [7, 11) is 0. The highest BCUT2D eigenvalue weighted by Gasteiger charge is 2.10. The van der Waals surface area contributed by atoms with E-state index >= 15 is 0 Å². The second-order valence-corrected chi connectivity index (χ2v) is 4.23. The third-order valence-electron chi connectivity index (χ3n) is 2.40.